The van der Waals surface area contributed by atoms with Crippen LogP contribution in [0.15, 0.2) is 23.8 Å². The van der Waals surface area contributed by atoms with Crippen molar-refractivity contribution in [3.8, 4) is 0 Å². The molecule has 3 aliphatic carbocycles. The summed E-state index contributed by atoms with van der Waals surface area (Å²) in [7, 11) is 0. The molecule has 25 heavy (non-hydrogen) atoms. The molecule has 0 aromatic heterocycles. The Balaban J connectivity index is 2.05. The number of carboxylic acid groups (broad SMARTS) is 1. The van der Waals surface area contributed by atoms with Crippen molar-refractivity contribution in [1.82, 2.24) is 0 Å². The van der Waals surface area contributed by atoms with Gasteiger partial charge in [0.25, 0.3) is 0 Å². The maximum Gasteiger partial charge on any atom is 0.303 e. The van der Waals surface area contributed by atoms with Crippen LogP contribution in [0.3, 0.4) is 0 Å². The van der Waals surface area contributed by atoms with Gasteiger partial charge in [0.2, 0.25) is 0 Å². The number of carboxylic acids is 1. The fourth-order valence-electron chi connectivity index (χ4n) is 6.38. The molecule has 0 spiro atoms. The van der Waals surface area contributed by atoms with Crippen molar-refractivity contribution >= 4 is 11.8 Å². The average molecular weight is 344 g/mol. The van der Waals surface area contributed by atoms with Crippen molar-refractivity contribution in [2.45, 2.75) is 72.6 Å². The molecule has 0 amide bonds. The molecule has 3 rings (SSSR count). The molecular weight excluding hydrogens is 312 g/mol. The smallest absolute Gasteiger partial charge is 0.303 e. The molecule has 3 heteroatoms. The molecule has 0 radical (unpaired) electrons. The van der Waals surface area contributed by atoms with Crippen LogP contribution < -0.4 is 0 Å². The number of hydrogen-bond acceptors (Lipinski definition) is 2. The monoisotopic (exact) mass is 344 g/mol. The largest absolute Gasteiger partial charge is 0.481 e. The van der Waals surface area contributed by atoms with E-state index in [2.05, 4.69) is 40.3 Å². The topological polar surface area (TPSA) is 54.4 Å². The lowest BCUT2D eigenvalue weighted by Gasteiger charge is -2.58. The summed E-state index contributed by atoms with van der Waals surface area (Å²) in [6.07, 6.45) is 7.77. The van der Waals surface area contributed by atoms with Gasteiger partial charge in [0.05, 0.1) is 0 Å². The number of carbonyl (C=O) groups is 2. The Bertz CT molecular complexity index is 660. The van der Waals surface area contributed by atoms with Crippen LogP contribution in [-0.2, 0) is 9.59 Å². The summed E-state index contributed by atoms with van der Waals surface area (Å²) in [4.78, 5) is 23.9. The molecule has 0 aromatic carbocycles. The summed E-state index contributed by atoms with van der Waals surface area (Å²) < 4.78 is 0. The van der Waals surface area contributed by atoms with Gasteiger partial charge in [-0.15, -0.1) is 0 Å². The molecule has 3 nitrogen and oxygen atoms in total. The van der Waals surface area contributed by atoms with E-state index < -0.39 is 5.97 Å². The van der Waals surface area contributed by atoms with Crippen LogP contribution in [0.1, 0.15) is 72.6 Å². The lowest BCUT2D eigenvalue weighted by molar-refractivity contribution is -0.137. The average Bonchev–Trinajstić information content (AvgIpc) is 2.77. The summed E-state index contributed by atoms with van der Waals surface area (Å²) >= 11 is 0. The molecule has 5 atom stereocenters. The van der Waals surface area contributed by atoms with Gasteiger partial charge in [0.15, 0.2) is 0 Å². The second-order valence-corrected chi connectivity index (χ2v) is 9.38. The van der Waals surface area contributed by atoms with Gasteiger partial charge in [0, 0.05) is 18.3 Å². The number of carbonyl (C=O) groups excluding carboxylic acids is 1. The highest BCUT2D eigenvalue weighted by Crippen LogP contribution is 2.67. The molecule has 5 unspecified atom stereocenters. The van der Waals surface area contributed by atoms with E-state index >= 15 is 0 Å². The third-order valence-corrected chi connectivity index (χ3v) is 8.25. The van der Waals surface area contributed by atoms with Crippen LogP contribution in [-0.4, -0.2) is 16.9 Å². The number of fused-ring (bicyclic) bond motifs is 3. The van der Waals surface area contributed by atoms with Crippen LogP contribution in [0.2, 0.25) is 0 Å². The molecule has 0 aliphatic heterocycles. The minimum atomic E-state index is -0.729. The van der Waals surface area contributed by atoms with E-state index in [4.69, 9.17) is 0 Å². The van der Waals surface area contributed by atoms with Crippen molar-refractivity contribution in [2.75, 3.05) is 0 Å². The Labute approximate surface area is 151 Å². The highest BCUT2D eigenvalue weighted by molar-refractivity contribution is 5.88. The molecule has 2 fully saturated rings. The Morgan fingerprint density at radius 2 is 2.00 bits per heavy atom. The summed E-state index contributed by atoms with van der Waals surface area (Å²) in [6.45, 7) is 13.0. The summed E-state index contributed by atoms with van der Waals surface area (Å²) in [6, 6.07) is 0. The Kier molecular flexibility index (Phi) is 4.29. The Morgan fingerprint density at radius 3 is 2.60 bits per heavy atom. The lowest BCUT2D eigenvalue weighted by Crippen LogP contribution is -2.51. The van der Waals surface area contributed by atoms with E-state index in [1.807, 2.05) is 0 Å². The predicted molar refractivity (Wildman–Crippen MR) is 99.2 cm³/mol. The molecule has 0 heterocycles. The highest BCUT2D eigenvalue weighted by Gasteiger charge is 2.62. The zero-order valence-corrected chi connectivity index (χ0v) is 16.2. The standard InChI is InChI=1S/C22H32O3/c1-14(2)15-6-7-17-16(20(15,3)11-10-19(24)25)8-12-22(5)18(23)9-13-21(17,22)4/h8,15,17H,1,6-7,9-13H2,2-5H3,(H,24,25). The minimum Gasteiger partial charge on any atom is -0.481 e. The van der Waals surface area contributed by atoms with Crippen LogP contribution in [0.25, 0.3) is 0 Å². The third-order valence-electron chi connectivity index (χ3n) is 8.25. The zero-order chi connectivity index (χ0) is 18.6. The van der Waals surface area contributed by atoms with Crippen LogP contribution in [0, 0.1) is 28.1 Å². The molecule has 0 bridgehead atoms. The number of hydrogen-bond donors (Lipinski definition) is 1. The number of allylic oxidation sites excluding steroid dienone is 3. The fraction of sp³-hybridized carbons (Fsp3) is 0.727. The summed E-state index contributed by atoms with van der Waals surface area (Å²) in [5.41, 5.74) is 2.20. The van der Waals surface area contributed by atoms with E-state index in [1.165, 1.54) is 5.57 Å². The quantitative estimate of drug-likeness (QED) is 0.716. The Hall–Kier alpha value is -1.38. The van der Waals surface area contributed by atoms with Crippen molar-refractivity contribution in [3.63, 3.8) is 0 Å². The fourth-order valence-corrected chi connectivity index (χ4v) is 6.38. The number of ketones is 1. The number of rotatable bonds is 4. The second-order valence-electron chi connectivity index (χ2n) is 9.38. The first-order valence-corrected chi connectivity index (χ1v) is 9.67. The normalized spacial score (nSPS) is 43.2. The minimum absolute atomic E-state index is 0.0126. The van der Waals surface area contributed by atoms with Gasteiger partial charge < -0.3 is 5.11 Å². The third kappa shape index (κ3) is 2.45. The van der Waals surface area contributed by atoms with Gasteiger partial charge in [-0.3, -0.25) is 9.59 Å². The van der Waals surface area contributed by atoms with Crippen molar-refractivity contribution in [3.05, 3.63) is 23.8 Å². The van der Waals surface area contributed by atoms with Crippen LogP contribution in [0.4, 0.5) is 0 Å². The maximum absolute atomic E-state index is 12.6. The van der Waals surface area contributed by atoms with Crippen LogP contribution >= 0.6 is 0 Å². The molecular formula is C22H32O3. The summed E-state index contributed by atoms with van der Waals surface area (Å²) in [5.74, 6) is 0.415. The van der Waals surface area contributed by atoms with Gasteiger partial charge in [-0.05, 0) is 61.7 Å². The maximum atomic E-state index is 12.6. The van der Waals surface area contributed by atoms with Crippen molar-refractivity contribution < 1.29 is 14.7 Å². The van der Waals surface area contributed by atoms with Gasteiger partial charge >= 0.3 is 5.97 Å². The first-order chi connectivity index (χ1) is 11.6. The van der Waals surface area contributed by atoms with Gasteiger partial charge in [0.1, 0.15) is 5.78 Å². The van der Waals surface area contributed by atoms with E-state index in [0.717, 1.165) is 31.3 Å². The van der Waals surface area contributed by atoms with Gasteiger partial charge in [-0.2, -0.15) is 0 Å². The van der Waals surface area contributed by atoms with E-state index in [-0.39, 0.29) is 22.7 Å². The van der Waals surface area contributed by atoms with Gasteiger partial charge in [-0.1, -0.05) is 44.6 Å². The molecule has 138 valence electrons. The molecule has 0 saturated heterocycles. The van der Waals surface area contributed by atoms with E-state index in [9.17, 15) is 14.7 Å². The molecule has 3 aliphatic rings. The van der Waals surface area contributed by atoms with E-state index in [1.54, 1.807) is 0 Å². The first-order valence-electron chi connectivity index (χ1n) is 9.67. The number of Topliss-reactive ketones (excluding diaryl/α,β-unsaturated/α-hetero) is 1. The SMILES string of the molecule is C=C(C)C1CCC2C(=CCC3(C)C(=O)CCC23C)C1(C)CCC(=O)O. The Morgan fingerprint density at radius 1 is 1.32 bits per heavy atom. The van der Waals surface area contributed by atoms with E-state index in [0.29, 0.717) is 30.5 Å². The molecule has 1 N–H and O–H groups in total. The second kappa shape index (κ2) is 5.82. The van der Waals surface area contributed by atoms with Crippen LogP contribution in [0.5, 0.6) is 0 Å². The zero-order valence-electron chi connectivity index (χ0n) is 16.2. The molecule has 0 aromatic rings. The van der Waals surface area contributed by atoms with Gasteiger partial charge in [-0.25, -0.2) is 0 Å². The molecule has 2 saturated carbocycles. The van der Waals surface area contributed by atoms with Crippen molar-refractivity contribution in [2.24, 2.45) is 28.1 Å². The lowest BCUT2D eigenvalue weighted by atomic mass is 9.46. The first kappa shape index (κ1) is 18.4. The highest BCUT2D eigenvalue weighted by atomic mass is 16.4. The number of aliphatic carboxylic acids is 1. The summed E-state index contributed by atoms with van der Waals surface area (Å²) in [5, 5.41) is 9.27. The van der Waals surface area contributed by atoms with Crippen molar-refractivity contribution in [1.29, 1.82) is 0 Å². The predicted octanol–water partition coefficient (Wildman–Crippen LogP) is 5.17.